The maximum Gasteiger partial charge on any atom is 0.231 e. The Morgan fingerprint density at radius 3 is 2.58 bits per heavy atom. The molecule has 172 valence electrons. The van der Waals surface area contributed by atoms with Crippen LogP contribution in [0.4, 0.5) is 10.8 Å². The molecule has 0 bridgehead atoms. The molecule has 1 unspecified atom stereocenters. The Morgan fingerprint density at radius 2 is 1.88 bits per heavy atom. The smallest absolute Gasteiger partial charge is 0.231 e. The minimum atomic E-state index is -0.503. The third kappa shape index (κ3) is 4.67. The Morgan fingerprint density at radius 1 is 1.15 bits per heavy atom. The Balaban J connectivity index is 1.50. The van der Waals surface area contributed by atoms with Gasteiger partial charge in [-0.3, -0.25) is 9.59 Å². The summed E-state index contributed by atoms with van der Waals surface area (Å²) in [6.07, 6.45) is 0.108. The maximum absolute atomic E-state index is 13.0. The van der Waals surface area contributed by atoms with E-state index in [4.69, 9.17) is 21.1 Å². The van der Waals surface area contributed by atoms with Gasteiger partial charge in [-0.25, -0.2) is 4.98 Å². The lowest BCUT2D eigenvalue weighted by Gasteiger charge is -2.19. The number of nitrogens with one attached hydrogen (secondary N) is 1. The van der Waals surface area contributed by atoms with Gasteiger partial charge in [-0.2, -0.15) is 0 Å². The van der Waals surface area contributed by atoms with E-state index < -0.39 is 5.92 Å². The molecule has 0 spiro atoms. The van der Waals surface area contributed by atoms with E-state index in [0.29, 0.717) is 21.6 Å². The number of halogens is 1. The van der Waals surface area contributed by atoms with E-state index in [1.54, 1.807) is 30.2 Å². The number of hydrogen-bond acceptors (Lipinski definition) is 6. The maximum atomic E-state index is 13.0. The average Bonchev–Trinajstić information content (AvgIpc) is 3.35. The van der Waals surface area contributed by atoms with Gasteiger partial charge < -0.3 is 19.7 Å². The summed E-state index contributed by atoms with van der Waals surface area (Å²) in [6.45, 7) is 4.19. The molecule has 2 aromatic carbocycles. The molecular formula is C24H24ClN3O4S. The largest absolute Gasteiger partial charge is 0.496 e. The number of benzene rings is 2. The summed E-state index contributed by atoms with van der Waals surface area (Å²) in [5.74, 6) is 0.450. The van der Waals surface area contributed by atoms with E-state index in [-0.39, 0.29) is 24.8 Å². The number of thiazole rings is 1. The summed E-state index contributed by atoms with van der Waals surface area (Å²) >= 11 is 7.52. The summed E-state index contributed by atoms with van der Waals surface area (Å²) < 4.78 is 10.7. The zero-order chi connectivity index (χ0) is 23.7. The molecule has 9 heteroatoms. The fraction of sp³-hybridized carbons (Fsp3) is 0.292. The van der Waals surface area contributed by atoms with Gasteiger partial charge in [-0.1, -0.05) is 11.6 Å². The van der Waals surface area contributed by atoms with Crippen molar-refractivity contribution in [2.75, 3.05) is 31.0 Å². The molecule has 2 heterocycles. The fourth-order valence-corrected chi connectivity index (χ4v) is 4.95. The quantitative estimate of drug-likeness (QED) is 0.526. The van der Waals surface area contributed by atoms with Crippen LogP contribution in [0.3, 0.4) is 0 Å². The molecule has 4 rings (SSSR count). The second-order valence-corrected chi connectivity index (χ2v) is 9.46. The van der Waals surface area contributed by atoms with E-state index in [1.807, 2.05) is 32.0 Å². The van der Waals surface area contributed by atoms with Crippen LogP contribution >= 0.6 is 22.9 Å². The number of carbonyl (C=O) groups excluding carboxylic acids is 2. The van der Waals surface area contributed by atoms with Crippen molar-refractivity contribution in [1.29, 1.82) is 0 Å². The van der Waals surface area contributed by atoms with E-state index in [1.165, 1.54) is 18.4 Å². The number of carbonyl (C=O) groups is 2. The summed E-state index contributed by atoms with van der Waals surface area (Å²) in [5, 5.41) is 3.89. The molecule has 0 radical (unpaired) electrons. The van der Waals surface area contributed by atoms with Gasteiger partial charge in [0.25, 0.3) is 0 Å². The van der Waals surface area contributed by atoms with Gasteiger partial charge in [0.1, 0.15) is 11.5 Å². The summed E-state index contributed by atoms with van der Waals surface area (Å²) in [7, 11) is 3.17. The molecule has 1 aliphatic heterocycles. The predicted molar refractivity (Wildman–Crippen MR) is 131 cm³/mol. The molecule has 1 N–H and O–H groups in total. The van der Waals surface area contributed by atoms with Gasteiger partial charge in [0.2, 0.25) is 11.8 Å². The van der Waals surface area contributed by atoms with Crippen LogP contribution in [-0.2, 0) is 9.59 Å². The SMILES string of the molecule is COc1ccc(-c2nc(NC(=O)C3CC(=O)N(c4cc(Cl)ccc4OC)C3)sc2C)cc1C. The molecule has 2 amide bonds. The van der Waals surface area contributed by atoms with Crippen molar-refractivity contribution in [2.45, 2.75) is 20.3 Å². The lowest BCUT2D eigenvalue weighted by atomic mass is 10.1. The number of methoxy groups -OCH3 is 2. The minimum absolute atomic E-state index is 0.108. The Kier molecular flexibility index (Phi) is 6.58. The highest BCUT2D eigenvalue weighted by molar-refractivity contribution is 7.16. The van der Waals surface area contributed by atoms with Gasteiger partial charge in [0.15, 0.2) is 5.13 Å². The van der Waals surface area contributed by atoms with Crippen molar-refractivity contribution in [1.82, 2.24) is 4.98 Å². The van der Waals surface area contributed by atoms with Crippen LogP contribution in [0.5, 0.6) is 11.5 Å². The second-order valence-electron chi connectivity index (χ2n) is 7.82. The minimum Gasteiger partial charge on any atom is -0.496 e. The predicted octanol–water partition coefficient (Wildman–Crippen LogP) is 5.09. The first-order chi connectivity index (χ1) is 15.8. The second kappa shape index (κ2) is 9.41. The Hall–Kier alpha value is -3.10. The lowest BCUT2D eigenvalue weighted by Crippen LogP contribution is -2.28. The monoisotopic (exact) mass is 485 g/mol. The zero-order valence-corrected chi connectivity index (χ0v) is 20.3. The van der Waals surface area contributed by atoms with Crippen molar-refractivity contribution in [3.05, 3.63) is 51.9 Å². The van der Waals surface area contributed by atoms with Crippen molar-refractivity contribution in [3.8, 4) is 22.8 Å². The molecule has 1 saturated heterocycles. The van der Waals surface area contributed by atoms with E-state index in [9.17, 15) is 9.59 Å². The fourth-order valence-electron chi connectivity index (χ4n) is 3.94. The van der Waals surface area contributed by atoms with Crippen LogP contribution in [-0.4, -0.2) is 37.6 Å². The van der Waals surface area contributed by atoms with Gasteiger partial charge >= 0.3 is 0 Å². The first-order valence-corrected chi connectivity index (χ1v) is 11.6. The number of ether oxygens (including phenoxy) is 2. The van der Waals surface area contributed by atoms with Crippen LogP contribution in [0, 0.1) is 19.8 Å². The van der Waals surface area contributed by atoms with Gasteiger partial charge in [-0.15, -0.1) is 11.3 Å². The van der Waals surface area contributed by atoms with Crippen molar-refractivity contribution >= 4 is 45.6 Å². The number of aromatic nitrogens is 1. The highest BCUT2D eigenvalue weighted by Gasteiger charge is 2.36. The van der Waals surface area contributed by atoms with Crippen molar-refractivity contribution in [3.63, 3.8) is 0 Å². The summed E-state index contributed by atoms with van der Waals surface area (Å²) in [5.41, 5.74) is 3.34. The van der Waals surface area contributed by atoms with Crippen LogP contribution in [0.1, 0.15) is 16.9 Å². The molecule has 1 aromatic heterocycles. The zero-order valence-electron chi connectivity index (χ0n) is 18.8. The third-order valence-corrected chi connectivity index (χ3v) is 6.74. The van der Waals surface area contributed by atoms with Crippen molar-refractivity contribution < 1.29 is 19.1 Å². The van der Waals surface area contributed by atoms with Crippen LogP contribution < -0.4 is 19.7 Å². The first kappa shape index (κ1) is 23.1. The number of aryl methyl sites for hydroxylation is 2. The standard InChI is InChI=1S/C24H24ClN3O4S/c1-13-9-15(5-7-19(13)31-3)22-14(2)33-24(26-22)27-23(30)16-10-21(29)28(12-16)18-11-17(25)6-8-20(18)32-4/h5-9,11,16H,10,12H2,1-4H3,(H,26,27,30). The molecule has 0 aliphatic carbocycles. The van der Waals surface area contributed by atoms with Gasteiger partial charge in [0.05, 0.1) is 31.5 Å². The normalized spacial score (nSPS) is 15.6. The molecule has 1 atom stereocenters. The van der Waals surface area contributed by atoms with E-state index in [0.717, 1.165) is 27.4 Å². The topological polar surface area (TPSA) is 80.8 Å². The third-order valence-electron chi connectivity index (χ3n) is 5.62. The number of amides is 2. The Bertz CT molecular complexity index is 1230. The Labute approximate surface area is 201 Å². The molecule has 1 fully saturated rings. The summed E-state index contributed by atoms with van der Waals surface area (Å²) in [4.78, 5) is 32.8. The van der Waals surface area contributed by atoms with E-state index in [2.05, 4.69) is 10.3 Å². The molecular weight excluding hydrogens is 462 g/mol. The highest BCUT2D eigenvalue weighted by atomic mass is 35.5. The van der Waals surface area contributed by atoms with E-state index >= 15 is 0 Å². The molecule has 7 nitrogen and oxygen atoms in total. The van der Waals surface area contributed by atoms with Crippen LogP contribution in [0.25, 0.3) is 11.3 Å². The summed E-state index contributed by atoms with van der Waals surface area (Å²) in [6, 6.07) is 10.9. The van der Waals surface area contributed by atoms with Crippen LogP contribution in [0.15, 0.2) is 36.4 Å². The molecule has 0 saturated carbocycles. The van der Waals surface area contributed by atoms with Gasteiger partial charge in [-0.05, 0) is 55.8 Å². The highest BCUT2D eigenvalue weighted by Crippen LogP contribution is 2.36. The number of hydrogen-bond donors (Lipinski definition) is 1. The van der Waals surface area contributed by atoms with Crippen molar-refractivity contribution in [2.24, 2.45) is 5.92 Å². The molecule has 3 aromatic rings. The average molecular weight is 486 g/mol. The number of rotatable bonds is 6. The van der Waals surface area contributed by atoms with Gasteiger partial charge in [0, 0.05) is 28.4 Å². The lowest BCUT2D eigenvalue weighted by molar-refractivity contribution is -0.122. The molecule has 1 aliphatic rings. The first-order valence-electron chi connectivity index (χ1n) is 10.4. The number of nitrogens with zero attached hydrogens (tertiary/aromatic N) is 2. The number of anilines is 2. The van der Waals surface area contributed by atoms with Crippen LogP contribution in [0.2, 0.25) is 5.02 Å². The molecule has 33 heavy (non-hydrogen) atoms.